The number of esters is 2. The fourth-order valence-electron chi connectivity index (χ4n) is 3.46. The normalized spacial score (nSPS) is 13.8. The van der Waals surface area contributed by atoms with E-state index in [2.05, 4.69) is 5.32 Å². The van der Waals surface area contributed by atoms with Crippen LogP contribution in [0.2, 0.25) is 0 Å². The fraction of sp³-hybridized carbons (Fsp3) is 0.360. The second kappa shape index (κ2) is 14.1. The third-order valence-corrected chi connectivity index (χ3v) is 5.39. The van der Waals surface area contributed by atoms with Crippen LogP contribution in [0.5, 0.6) is 5.75 Å². The molecule has 1 amide bonds. The highest BCUT2D eigenvalue weighted by atomic mass is 32.2. The number of anilines is 1. The first-order chi connectivity index (χ1) is 17.8. The molecule has 12 nitrogen and oxygen atoms in total. The summed E-state index contributed by atoms with van der Waals surface area (Å²) < 4.78 is 36.5. The van der Waals surface area contributed by atoms with Crippen molar-refractivity contribution < 1.29 is 36.8 Å². The number of nitrogens with two attached hydrogens (primary N) is 1. The Balaban J connectivity index is 0.000000926. The summed E-state index contributed by atoms with van der Waals surface area (Å²) in [4.78, 5) is 38.6. The Kier molecular flexibility index (Phi) is 11.2. The zero-order chi connectivity index (χ0) is 28.3. The van der Waals surface area contributed by atoms with E-state index in [1.54, 1.807) is 60.4 Å². The van der Waals surface area contributed by atoms with Crippen LogP contribution in [0.15, 0.2) is 48.5 Å². The van der Waals surface area contributed by atoms with Crippen LogP contribution in [-0.2, 0) is 24.4 Å². The Bertz CT molecular complexity index is 1220. The molecular formula is C25H32N4O8S. The number of guanidine groups is 1. The summed E-state index contributed by atoms with van der Waals surface area (Å²) in [5.74, 6) is -1.62. The van der Waals surface area contributed by atoms with Gasteiger partial charge < -0.3 is 25.4 Å². The van der Waals surface area contributed by atoms with Crippen molar-refractivity contribution in [1.82, 2.24) is 4.90 Å². The summed E-state index contributed by atoms with van der Waals surface area (Å²) in [6, 6.07) is 12.9. The van der Waals surface area contributed by atoms with Gasteiger partial charge in [0.15, 0.2) is 12.6 Å². The Hall–Kier alpha value is -3.97. The predicted molar refractivity (Wildman–Crippen MR) is 141 cm³/mol. The molecule has 1 atom stereocenters. The van der Waals surface area contributed by atoms with Crippen LogP contribution in [0, 0.1) is 5.41 Å². The van der Waals surface area contributed by atoms with E-state index in [9.17, 15) is 22.8 Å². The molecule has 2 aromatic carbocycles. The van der Waals surface area contributed by atoms with Crippen molar-refractivity contribution in [2.24, 2.45) is 5.73 Å². The second-order valence-electron chi connectivity index (χ2n) is 8.58. The van der Waals surface area contributed by atoms with Gasteiger partial charge in [-0.05, 0) is 68.1 Å². The average Bonchev–Trinajstić information content (AvgIpc) is 2.86. The molecule has 2 aromatic rings. The molecule has 0 aliphatic carbocycles. The lowest BCUT2D eigenvalue weighted by molar-refractivity contribution is -0.153. The minimum atomic E-state index is -3.67. The number of carbonyl (C=O) groups is 3. The van der Waals surface area contributed by atoms with Crippen LogP contribution in [0.1, 0.15) is 48.0 Å². The number of nitrogens with one attached hydrogen (secondary N) is 2. The lowest BCUT2D eigenvalue weighted by Gasteiger charge is -2.26. The number of carbonyl (C=O) groups excluding carboxylic acids is 3. The first-order valence-electron chi connectivity index (χ1n) is 11.7. The molecule has 13 heteroatoms. The Morgan fingerprint density at radius 2 is 1.61 bits per heavy atom. The molecule has 1 saturated heterocycles. The average molecular weight is 549 g/mol. The number of hydrogen-bond acceptors (Lipinski definition) is 8. The smallest absolute Gasteiger partial charge is 0.343 e. The minimum Gasteiger partial charge on any atom is -0.455 e. The van der Waals surface area contributed by atoms with Gasteiger partial charge in [-0.1, -0.05) is 12.1 Å². The van der Waals surface area contributed by atoms with Crippen LogP contribution in [0.3, 0.4) is 0 Å². The van der Waals surface area contributed by atoms with Gasteiger partial charge in [0.05, 0.1) is 17.7 Å². The SMILES string of the molecule is CC(C(=O)OCC(=O)N1CCCCC1)c1ccc(OC(=O)c2ccc(NC(=N)N)cc2)cc1.CS(=O)(=O)O. The van der Waals surface area contributed by atoms with Gasteiger partial charge in [-0.15, -0.1) is 0 Å². The highest BCUT2D eigenvalue weighted by Gasteiger charge is 2.21. The Labute approximate surface area is 221 Å². The largest absolute Gasteiger partial charge is 0.455 e. The molecule has 1 unspecified atom stereocenters. The van der Waals surface area contributed by atoms with E-state index >= 15 is 0 Å². The summed E-state index contributed by atoms with van der Waals surface area (Å²) in [6.07, 6.45) is 3.80. The number of rotatable bonds is 7. The lowest BCUT2D eigenvalue weighted by atomic mass is 10.0. The first-order valence-corrected chi connectivity index (χ1v) is 13.6. The van der Waals surface area contributed by atoms with Crippen molar-refractivity contribution >= 4 is 39.6 Å². The molecule has 0 bridgehead atoms. The van der Waals surface area contributed by atoms with E-state index in [-0.39, 0.29) is 18.5 Å². The third kappa shape index (κ3) is 11.0. The van der Waals surface area contributed by atoms with E-state index < -0.39 is 28.0 Å². The monoisotopic (exact) mass is 548 g/mol. The number of nitrogens with zero attached hydrogens (tertiary/aromatic N) is 1. The maximum absolute atomic E-state index is 12.4. The molecule has 0 spiro atoms. The van der Waals surface area contributed by atoms with Gasteiger partial charge in [0.25, 0.3) is 16.0 Å². The fourth-order valence-corrected chi connectivity index (χ4v) is 3.46. The molecule has 0 saturated carbocycles. The van der Waals surface area contributed by atoms with Crippen molar-refractivity contribution in [2.45, 2.75) is 32.1 Å². The molecule has 5 N–H and O–H groups in total. The van der Waals surface area contributed by atoms with Crippen LogP contribution < -0.4 is 15.8 Å². The maximum Gasteiger partial charge on any atom is 0.343 e. The molecule has 1 fully saturated rings. The lowest BCUT2D eigenvalue weighted by Crippen LogP contribution is -2.38. The number of hydrogen-bond donors (Lipinski definition) is 4. The standard InChI is InChI=1S/C24H28N4O5.CH4O3S/c1-16(22(30)32-15-21(29)28-13-3-2-4-14-28)17-7-11-20(12-8-17)33-23(31)18-5-9-19(10-6-18)27-24(25)26;1-5(2,3)4/h5-12,16H,2-4,13-15H2,1H3,(H4,25,26,27);1H3,(H,2,3,4). The van der Waals surface area contributed by atoms with E-state index in [1.807, 2.05) is 0 Å². The van der Waals surface area contributed by atoms with Crippen LogP contribution >= 0.6 is 0 Å². The third-order valence-electron chi connectivity index (χ3n) is 5.39. The van der Waals surface area contributed by atoms with Gasteiger partial charge in [-0.3, -0.25) is 19.6 Å². The van der Waals surface area contributed by atoms with Crippen molar-refractivity contribution in [3.8, 4) is 5.75 Å². The second-order valence-corrected chi connectivity index (χ2v) is 10.0. The van der Waals surface area contributed by atoms with Crippen LogP contribution in [-0.4, -0.2) is 67.6 Å². The molecular weight excluding hydrogens is 516 g/mol. The summed E-state index contributed by atoms with van der Waals surface area (Å²) >= 11 is 0. The van der Waals surface area contributed by atoms with E-state index in [4.69, 9.17) is 25.2 Å². The number of likely N-dealkylation sites (tertiary alicyclic amines) is 1. The molecule has 0 aromatic heterocycles. The zero-order valence-corrected chi connectivity index (χ0v) is 22.0. The van der Waals surface area contributed by atoms with E-state index in [1.165, 1.54) is 0 Å². The molecule has 1 aliphatic heterocycles. The van der Waals surface area contributed by atoms with Gasteiger partial charge in [-0.25, -0.2) is 4.79 Å². The summed E-state index contributed by atoms with van der Waals surface area (Å²) in [7, 11) is -3.67. The number of piperidine rings is 1. The van der Waals surface area contributed by atoms with Crippen molar-refractivity contribution in [3.05, 3.63) is 59.7 Å². The molecule has 1 heterocycles. The van der Waals surface area contributed by atoms with Gasteiger partial charge in [-0.2, -0.15) is 8.42 Å². The Morgan fingerprint density at radius 3 is 2.13 bits per heavy atom. The number of ether oxygens (including phenoxy) is 2. The highest BCUT2D eigenvalue weighted by molar-refractivity contribution is 7.85. The van der Waals surface area contributed by atoms with Crippen molar-refractivity contribution in [2.75, 3.05) is 31.3 Å². The topological polar surface area (TPSA) is 189 Å². The van der Waals surface area contributed by atoms with Gasteiger partial charge >= 0.3 is 11.9 Å². The maximum atomic E-state index is 12.4. The Morgan fingerprint density at radius 1 is 1.05 bits per heavy atom. The van der Waals surface area contributed by atoms with Gasteiger partial charge in [0, 0.05) is 18.8 Å². The summed E-state index contributed by atoms with van der Waals surface area (Å²) in [5.41, 5.74) is 6.88. The number of benzene rings is 2. The van der Waals surface area contributed by atoms with E-state index in [0.29, 0.717) is 41.9 Å². The minimum absolute atomic E-state index is 0.164. The molecule has 1 aliphatic rings. The quantitative estimate of drug-likeness (QED) is 0.131. The van der Waals surface area contributed by atoms with Crippen LogP contribution in [0.4, 0.5) is 5.69 Å². The molecule has 3 rings (SSSR count). The predicted octanol–water partition coefficient (Wildman–Crippen LogP) is 2.37. The zero-order valence-electron chi connectivity index (χ0n) is 21.2. The van der Waals surface area contributed by atoms with Gasteiger partial charge in [0.2, 0.25) is 0 Å². The highest BCUT2D eigenvalue weighted by Crippen LogP contribution is 2.22. The van der Waals surface area contributed by atoms with Crippen LogP contribution in [0.25, 0.3) is 0 Å². The molecule has 206 valence electrons. The molecule has 38 heavy (non-hydrogen) atoms. The van der Waals surface area contributed by atoms with Crippen molar-refractivity contribution in [1.29, 1.82) is 5.41 Å². The first kappa shape index (κ1) is 30.3. The molecule has 0 radical (unpaired) electrons. The summed E-state index contributed by atoms with van der Waals surface area (Å²) in [5, 5.41) is 9.83. The summed E-state index contributed by atoms with van der Waals surface area (Å²) in [6.45, 7) is 2.88. The van der Waals surface area contributed by atoms with E-state index in [0.717, 1.165) is 19.3 Å². The number of amides is 1. The van der Waals surface area contributed by atoms with Gasteiger partial charge in [0.1, 0.15) is 5.75 Å². The van der Waals surface area contributed by atoms with Crippen molar-refractivity contribution in [3.63, 3.8) is 0 Å².